The Morgan fingerprint density at radius 3 is 2.76 bits per heavy atom. The molecule has 6 heteroatoms. The van der Waals surface area contributed by atoms with Crippen molar-refractivity contribution in [3.05, 3.63) is 20.8 Å². The van der Waals surface area contributed by atoms with Crippen molar-refractivity contribution in [1.82, 2.24) is 10.6 Å². The molecule has 1 aromatic rings. The molecule has 0 bridgehead atoms. The van der Waals surface area contributed by atoms with Crippen LogP contribution in [0.2, 0.25) is 0 Å². The molecule has 118 valence electrons. The van der Waals surface area contributed by atoms with Gasteiger partial charge in [0.1, 0.15) is 5.60 Å². The molecule has 4 nitrogen and oxygen atoms in total. The Labute approximate surface area is 138 Å². The molecule has 1 aliphatic carbocycles. The first-order valence-corrected chi connectivity index (χ1v) is 8.95. The third-order valence-electron chi connectivity index (χ3n) is 3.34. The van der Waals surface area contributed by atoms with Gasteiger partial charge in [0, 0.05) is 33.4 Å². The van der Waals surface area contributed by atoms with E-state index in [0.29, 0.717) is 6.04 Å². The van der Waals surface area contributed by atoms with Crippen molar-refractivity contribution in [1.29, 1.82) is 0 Å². The molecule has 0 spiro atoms. The van der Waals surface area contributed by atoms with E-state index in [2.05, 4.69) is 38.0 Å². The molecule has 2 unspecified atom stereocenters. The number of nitrogens with one attached hydrogen (secondary N) is 2. The van der Waals surface area contributed by atoms with Gasteiger partial charge in [-0.2, -0.15) is 0 Å². The Morgan fingerprint density at radius 2 is 2.14 bits per heavy atom. The number of hydrogen-bond acceptors (Lipinski definition) is 4. The highest BCUT2D eigenvalue weighted by Gasteiger charge is 2.27. The lowest BCUT2D eigenvalue weighted by molar-refractivity contribution is 0.0505. The monoisotopic (exact) mass is 374 g/mol. The van der Waals surface area contributed by atoms with Crippen molar-refractivity contribution in [2.75, 3.05) is 0 Å². The Kier molecular flexibility index (Phi) is 5.68. The Morgan fingerprint density at radius 1 is 1.43 bits per heavy atom. The minimum Gasteiger partial charge on any atom is -0.444 e. The summed E-state index contributed by atoms with van der Waals surface area (Å²) in [6.45, 7) is 6.53. The molecule has 1 aliphatic rings. The van der Waals surface area contributed by atoms with E-state index in [-0.39, 0.29) is 12.1 Å². The summed E-state index contributed by atoms with van der Waals surface area (Å²) in [5.74, 6) is 0. The number of rotatable bonds is 4. The fourth-order valence-electron chi connectivity index (χ4n) is 2.46. The second kappa shape index (κ2) is 7.11. The minimum absolute atomic E-state index is 0.215. The van der Waals surface area contributed by atoms with Crippen molar-refractivity contribution in [3.8, 4) is 0 Å². The van der Waals surface area contributed by atoms with Crippen molar-refractivity contribution < 1.29 is 9.53 Å². The smallest absolute Gasteiger partial charge is 0.407 e. The number of hydrogen-bond donors (Lipinski definition) is 2. The molecular formula is C15H23BrN2O2S. The van der Waals surface area contributed by atoms with E-state index in [4.69, 9.17) is 4.74 Å². The van der Waals surface area contributed by atoms with Crippen molar-refractivity contribution in [2.24, 2.45) is 0 Å². The summed E-state index contributed by atoms with van der Waals surface area (Å²) in [4.78, 5) is 13.1. The number of ether oxygens (including phenoxy) is 1. The molecule has 2 rings (SSSR count). The molecule has 1 aromatic heterocycles. The quantitative estimate of drug-likeness (QED) is 0.835. The molecule has 2 N–H and O–H groups in total. The Balaban J connectivity index is 1.70. The van der Waals surface area contributed by atoms with Crippen molar-refractivity contribution in [2.45, 2.75) is 64.3 Å². The highest BCUT2D eigenvalue weighted by molar-refractivity contribution is 9.10. The van der Waals surface area contributed by atoms with Crippen LogP contribution in [0.25, 0.3) is 0 Å². The molecular weight excluding hydrogens is 352 g/mol. The standard InChI is InChI=1S/C15H23BrN2O2S/c1-15(2,3)20-14(19)18-12-5-4-11(7-12)17-8-13-6-10(16)9-21-13/h6,9,11-12,17H,4-5,7-8H2,1-3H3,(H,18,19). The van der Waals surface area contributed by atoms with Crippen LogP contribution in [0.3, 0.4) is 0 Å². The zero-order chi connectivity index (χ0) is 15.5. The maximum atomic E-state index is 11.7. The molecule has 0 aliphatic heterocycles. The number of carbonyl (C=O) groups excluding carboxylic acids is 1. The number of amides is 1. The molecule has 1 saturated carbocycles. The van der Waals surface area contributed by atoms with Gasteiger partial charge in [0.15, 0.2) is 0 Å². The molecule has 2 atom stereocenters. The van der Waals surface area contributed by atoms with E-state index in [1.165, 1.54) is 4.88 Å². The van der Waals surface area contributed by atoms with Gasteiger partial charge >= 0.3 is 6.09 Å². The average molecular weight is 375 g/mol. The summed E-state index contributed by atoms with van der Waals surface area (Å²) in [6.07, 6.45) is 2.75. The molecule has 0 aromatic carbocycles. The third-order valence-corrected chi connectivity index (χ3v) is 5.04. The largest absolute Gasteiger partial charge is 0.444 e. The van der Waals surface area contributed by atoms with Crippen LogP contribution >= 0.6 is 27.3 Å². The van der Waals surface area contributed by atoms with Crippen LogP contribution in [0, 0.1) is 0 Å². The van der Waals surface area contributed by atoms with Crippen LogP contribution in [-0.2, 0) is 11.3 Å². The summed E-state index contributed by atoms with van der Waals surface area (Å²) in [7, 11) is 0. The zero-order valence-electron chi connectivity index (χ0n) is 12.7. The fourth-order valence-corrected chi connectivity index (χ4v) is 3.87. The van der Waals surface area contributed by atoms with Gasteiger partial charge in [-0.3, -0.25) is 0 Å². The predicted molar refractivity (Wildman–Crippen MR) is 89.7 cm³/mol. The summed E-state index contributed by atoms with van der Waals surface area (Å²) in [5.41, 5.74) is -0.438. The first kappa shape index (κ1) is 16.8. The Hall–Kier alpha value is -0.590. The predicted octanol–water partition coefficient (Wildman–Crippen LogP) is 4.05. The second-order valence-electron chi connectivity index (χ2n) is 6.47. The number of alkyl carbamates (subject to hydrolysis) is 1. The second-order valence-corrected chi connectivity index (χ2v) is 8.38. The topological polar surface area (TPSA) is 50.4 Å². The molecule has 0 radical (unpaired) electrons. The first-order valence-electron chi connectivity index (χ1n) is 7.27. The van der Waals surface area contributed by atoms with Crippen molar-refractivity contribution >= 4 is 33.4 Å². The third kappa shape index (κ3) is 5.96. The minimum atomic E-state index is -0.438. The Bertz CT molecular complexity index is 484. The lowest BCUT2D eigenvalue weighted by Gasteiger charge is -2.21. The highest BCUT2D eigenvalue weighted by Crippen LogP contribution is 2.23. The summed E-state index contributed by atoms with van der Waals surface area (Å²) >= 11 is 5.22. The lowest BCUT2D eigenvalue weighted by atomic mass is 10.2. The number of carbonyl (C=O) groups is 1. The first-order chi connectivity index (χ1) is 9.82. The summed E-state index contributed by atoms with van der Waals surface area (Å²) < 4.78 is 6.43. The zero-order valence-corrected chi connectivity index (χ0v) is 15.1. The van der Waals surface area contributed by atoms with Gasteiger partial charge in [-0.15, -0.1) is 11.3 Å². The van der Waals surface area contributed by atoms with Gasteiger partial charge in [-0.1, -0.05) is 0 Å². The maximum Gasteiger partial charge on any atom is 0.407 e. The van der Waals surface area contributed by atoms with E-state index in [0.717, 1.165) is 30.3 Å². The molecule has 1 fully saturated rings. The number of thiophene rings is 1. The average Bonchev–Trinajstić information content (AvgIpc) is 2.93. The van der Waals surface area contributed by atoms with Crippen LogP contribution in [-0.4, -0.2) is 23.8 Å². The van der Waals surface area contributed by atoms with E-state index in [9.17, 15) is 4.79 Å². The fraction of sp³-hybridized carbons (Fsp3) is 0.667. The lowest BCUT2D eigenvalue weighted by Crippen LogP contribution is -2.38. The van der Waals surface area contributed by atoms with Crippen LogP contribution in [0.1, 0.15) is 44.9 Å². The van der Waals surface area contributed by atoms with Crippen LogP contribution in [0.4, 0.5) is 4.79 Å². The van der Waals surface area contributed by atoms with Crippen LogP contribution in [0.15, 0.2) is 15.9 Å². The van der Waals surface area contributed by atoms with Gasteiger partial charge in [-0.05, 0) is 62.0 Å². The molecule has 1 amide bonds. The van der Waals surface area contributed by atoms with E-state index >= 15 is 0 Å². The van der Waals surface area contributed by atoms with Gasteiger partial charge in [-0.25, -0.2) is 4.79 Å². The molecule has 1 heterocycles. The van der Waals surface area contributed by atoms with Gasteiger partial charge < -0.3 is 15.4 Å². The van der Waals surface area contributed by atoms with E-state index in [1.54, 1.807) is 11.3 Å². The van der Waals surface area contributed by atoms with E-state index in [1.807, 2.05) is 20.8 Å². The summed E-state index contributed by atoms with van der Waals surface area (Å²) in [5, 5.41) is 8.62. The van der Waals surface area contributed by atoms with Crippen LogP contribution < -0.4 is 10.6 Å². The van der Waals surface area contributed by atoms with Crippen molar-refractivity contribution in [3.63, 3.8) is 0 Å². The number of halogens is 1. The van der Waals surface area contributed by atoms with Gasteiger partial charge in [0.2, 0.25) is 0 Å². The van der Waals surface area contributed by atoms with Crippen LogP contribution in [0.5, 0.6) is 0 Å². The van der Waals surface area contributed by atoms with Gasteiger partial charge in [0.05, 0.1) is 0 Å². The van der Waals surface area contributed by atoms with E-state index < -0.39 is 5.60 Å². The summed E-state index contributed by atoms with van der Waals surface area (Å²) in [6, 6.07) is 2.82. The highest BCUT2D eigenvalue weighted by atomic mass is 79.9. The molecule has 0 saturated heterocycles. The molecule has 21 heavy (non-hydrogen) atoms. The normalized spacial score (nSPS) is 22.3. The maximum absolute atomic E-state index is 11.7. The SMILES string of the molecule is CC(C)(C)OC(=O)NC1CCC(NCc2cc(Br)cs2)C1. The van der Waals surface area contributed by atoms with Gasteiger partial charge in [0.25, 0.3) is 0 Å².